The van der Waals surface area contributed by atoms with E-state index >= 15 is 0 Å². The molecule has 0 atom stereocenters. The maximum atomic E-state index is 12.4. The normalized spacial score (nSPS) is 11.1. The number of hydrogen-bond donors (Lipinski definition) is 4. The second-order valence-electron chi connectivity index (χ2n) is 7.77. The highest BCUT2D eigenvalue weighted by Gasteiger charge is 2.24. The van der Waals surface area contributed by atoms with E-state index in [0.717, 1.165) is 5.56 Å². The second kappa shape index (κ2) is 9.09. The number of carbonyl (C=O) groups excluding carboxylic acids is 1. The largest absolute Gasteiger partial charge is 0.383 e. The minimum absolute atomic E-state index is 0.200. The monoisotopic (exact) mass is 437 g/mol. The third-order valence-corrected chi connectivity index (χ3v) is 4.80. The number of nitrogens with one attached hydrogen (secondary N) is 3. The molecule has 9 heteroatoms. The van der Waals surface area contributed by atoms with Crippen molar-refractivity contribution >= 4 is 34.9 Å². The molecule has 0 saturated carbocycles. The van der Waals surface area contributed by atoms with E-state index in [9.17, 15) is 4.79 Å². The summed E-state index contributed by atoms with van der Waals surface area (Å²) in [4.78, 5) is 24.8. The third kappa shape index (κ3) is 5.55. The number of pyridine rings is 1. The van der Waals surface area contributed by atoms with Crippen molar-refractivity contribution in [3.63, 3.8) is 0 Å². The van der Waals surface area contributed by atoms with E-state index in [-0.39, 0.29) is 29.7 Å². The van der Waals surface area contributed by atoms with Gasteiger partial charge in [0.25, 0.3) is 5.91 Å². The predicted molar refractivity (Wildman–Crippen MR) is 123 cm³/mol. The minimum atomic E-state index is -0.614. The van der Waals surface area contributed by atoms with Crippen LogP contribution in [0.1, 0.15) is 41.0 Å². The van der Waals surface area contributed by atoms with Crippen LogP contribution >= 0.6 is 11.6 Å². The van der Waals surface area contributed by atoms with Crippen LogP contribution in [0.15, 0.2) is 48.9 Å². The molecule has 2 aromatic heterocycles. The molecule has 31 heavy (non-hydrogen) atoms. The fourth-order valence-electron chi connectivity index (χ4n) is 2.89. The summed E-state index contributed by atoms with van der Waals surface area (Å²) in [6, 6.07) is 10.7. The van der Waals surface area contributed by atoms with Gasteiger partial charge >= 0.3 is 0 Å². The summed E-state index contributed by atoms with van der Waals surface area (Å²) in [7, 11) is 0. The number of carbonyl (C=O) groups is 1. The molecule has 2 heterocycles. The van der Waals surface area contributed by atoms with Gasteiger partial charge in [-0.15, -0.1) is 0 Å². The quantitative estimate of drug-likeness (QED) is 0.419. The first-order chi connectivity index (χ1) is 14.7. The molecule has 0 aliphatic heterocycles. The Balaban J connectivity index is 1.78. The van der Waals surface area contributed by atoms with Crippen molar-refractivity contribution in [3.8, 4) is 0 Å². The maximum Gasteiger partial charge on any atom is 0.270 e. The second-order valence-corrected chi connectivity index (χ2v) is 8.21. The lowest BCUT2D eigenvalue weighted by Gasteiger charge is -2.28. The van der Waals surface area contributed by atoms with Crippen molar-refractivity contribution in [2.75, 3.05) is 17.6 Å². The topological polar surface area (TPSA) is 130 Å². The van der Waals surface area contributed by atoms with Crippen molar-refractivity contribution in [1.82, 2.24) is 20.3 Å². The lowest BCUT2D eigenvalue weighted by molar-refractivity contribution is 0.0942. The molecular formula is C22H24ClN7O. The molecule has 0 aliphatic rings. The Bertz CT molecular complexity index is 1110. The summed E-state index contributed by atoms with van der Waals surface area (Å²) in [6.45, 7) is 6.05. The molecular weight excluding hydrogens is 414 g/mol. The average Bonchev–Trinajstić information content (AvgIpc) is 2.72. The summed E-state index contributed by atoms with van der Waals surface area (Å²) in [5, 5.41) is 15.2. The fraction of sp³-hybridized carbons (Fsp3) is 0.227. The minimum Gasteiger partial charge on any atom is -0.383 e. The number of nitrogens with two attached hydrogens (primary N) is 1. The Labute approximate surface area is 185 Å². The van der Waals surface area contributed by atoms with Gasteiger partial charge in [-0.3, -0.25) is 15.2 Å². The van der Waals surface area contributed by atoms with Crippen LogP contribution < -0.4 is 16.4 Å². The molecule has 0 unspecified atom stereocenters. The number of amides is 1. The molecule has 0 aliphatic carbocycles. The third-order valence-electron chi connectivity index (χ3n) is 4.57. The smallest absolute Gasteiger partial charge is 0.270 e. The van der Waals surface area contributed by atoms with Crippen LogP contribution in [0.4, 0.5) is 11.6 Å². The van der Waals surface area contributed by atoms with Gasteiger partial charge in [0.05, 0.1) is 16.8 Å². The van der Waals surface area contributed by atoms with E-state index in [1.807, 2.05) is 45.0 Å². The van der Waals surface area contributed by atoms with Gasteiger partial charge in [0.1, 0.15) is 23.7 Å². The highest BCUT2D eigenvalue weighted by Crippen LogP contribution is 2.24. The number of nitrogen functional groups attached to an aromatic ring is 1. The summed E-state index contributed by atoms with van der Waals surface area (Å²) in [6.07, 6.45) is 2.82. The number of aryl methyl sites for hydroxylation is 1. The van der Waals surface area contributed by atoms with Crippen LogP contribution in [0.5, 0.6) is 0 Å². The molecule has 3 aromatic rings. The standard InChI is InChI=1S/C22H24ClN7O/c1-13-4-6-14(7-5-13)18(24)17-19(25)28-12-29-20(17)30-22(2,3)11-27-21(31)16-10-15(23)8-9-26-16/h4-10,12,24H,11H2,1-3H3,(H,27,31)(H3,25,28,29,30). The van der Waals surface area contributed by atoms with Crippen LogP contribution in [-0.4, -0.2) is 38.7 Å². The Hall–Kier alpha value is -3.52. The van der Waals surface area contributed by atoms with Gasteiger partial charge in [0, 0.05) is 23.3 Å². The van der Waals surface area contributed by atoms with Crippen molar-refractivity contribution < 1.29 is 4.79 Å². The van der Waals surface area contributed by atoms with Crippen molar-refractivity contribution in [1.29, 1.82) is 5.41 Å². The Kier molecular flexibility index (Phi) is 6.50. The van der Waals surface area contributed by atoms with E-state index in [1.165, 1.54) is 18.6 Å². The molecule has 8 nitrogen and oxygen atoms in total. The van der Waals surface area contributed by atoms with E-state index in [0.29, 0.717) is 22.0 Å². The molecule has 0 radical (unpaired) electrons. The first-order valence-electron chi connectivity index (χ1n) is 9.61. The number of nitrogens with zero attached hydrogens (tertiary/aromatic N) is 3. The Morgan fingerprint density at radius 1 is 1.16 bits per heavy atom. The molecule has 0 spiro atoms. The predicted octanol–water partition coefficient (Wildman–Crippen LogP) is 3.45. The van der Waals surface area contributed by atoms with Crippen LogP contribution in [0, 0.1) is 12.3 Å². The Morgan fingerprint density at radius 3 is 2.55 bits per heavy atom. The number of benzene rings is 1. The van der Waals surface area contributed by atoms with Gasteiger partial charge in [-0.25, -0.2) is 9.97 Å². The lowest BCUT2D eigenvalue weighted by Crippen LogP contribution is -2.44. The van der Waals surface area contributed by atoms with Crippen LogP contribution in [-0.2, 0) is 0 Å². The number of hydrogen-bond acceptors (Lipinski definition) is 7. The molecule has 1 aromatic carbocycles. The van der Waals surface area contributed by atoms with Gasteiger partial charge in [0.15, 0.2) is 0 Å². The summed E-state index contributed by atoms with van der Waals surface area (Å²) >= 11 is 5.93. The zero-order valence-corrected chi connectivity index (χ0v) is 18.3. The molecule has 3 rings (SSSR count). The highest BCUT2D eigenvalue weighted by molar-refractivity contribution is 6.30. The van der Waals surface area contributed by atoms with Crippen LogP contribution in [0.3, 0.4) is 0 Å². The van der Waals surface area contributed by atoms with Gasteiger partial charge in [-0.05, 0) is 32.9 Å². The SMILES string of the molecule is Cc1ccc(C(=N)c2c(N)ncnc2NC(C)(C)CNC(=O)c2cc(Cl)ccn2)cc1. The van der Waals surface area contributed by atoms with Gasteiger partial charge in [0.2, 0.25) is 0 Å². The molecule has 0 bridgehead atoms. The molecule has 0 saturated heterocycles. The van der Waals surface area contributed by atoms with Crippen LogP contribution in [0.2, 0.25) is 5.02 Å². The molecule has 160 valence electrons. The van der Waals surface area contributed by atoms with Crippen molar-refractivity contribution in [3.05, 3.63) is 76.3 Å². The van der Waals surface area contributed by atoms with Crippen molar-refractivity contribution in [2.45, 2.75) is 26.3 Å². The van der Waals surface area contributed by atoms with E-state index in [2.05, 4.69) is 25.6 Å². The summed E-state index contributed by atoms with van der Waals surface area (Å²) < 4.78 is 0. The number of anilines is 2. The van der Waals surface area contributed by atoms with Gasteiger partial charge in [-0.1, -0.05) is 41.4 Å². The summed E-state index contributed by atoms with van der Waals surface area (Å²) in [5.74, 6) is 0.274. The number of rotatable bonds is 7. The molecule has 5 N–H and O–H groups in total. The average molecular weight is 438 g/mol. The van der Waals surface area contributed by atoms with E-state index < -0.39 is 5.54 Å². The van der Waals surface area contributed by atoms with Crippen LogP contribution in [0.25, 0.3) is 0 Å². The lowest BCUT2D eigenvalue weighted by atomic mass is 10.00. The number of halogens is 1. The first kappa shape index (κ1) is 22.2. The molecule has 1 amide bonds. The van der Waals surface area contributed by atoms with Gasteiger partial charge in [-0.2, -0.15) is 0 Å². The van der Waals surface area contributed by atoms with E-state index in [4.69, 9.17) is 22.7 Å². The number of aromatic nitrogens is 3. The van der Waals surface area contributed by atoms with Crippen molar-refractivity contribution in [2.24, 2.45) is 0 Å². The van der Waals surface area contributed by atoms with Gasteiger partial charge < -0.3 is 16.4 Å². The maximum absolute atomic E-state index is 12.4. The molecule has 0 fully saturated rings. The highest BCUT2D eigenvalue weighted by atomic mass is 35.5. The van der Waals surface area contributed by atoms with E-state index in [1.54, 1.807) is 6.07 Å². The first-order valence-corrected chi connectivity index (χ1v) is 9.98. The summed E-state index contributed by atoms with van der Waals surface area (Å²) in [5.41, 5.74) is 8.13. The zero-order valence-electron chi connectivity index (χ0n) is 17.5. The Morgan fingerprint density at radius 2 is 1.87 bits per heavy atom. The fourth-order valence-corrected chi connectivity index (χ4v) is 3.05. The zero-order chi connectivity index (χ0) is 22.6.